The van der Waals surface area contributed by atoms with Gasteiger partial charge in [-0.15, -0.1) is 10.2 Å². The Morgan fingerprint density at radius 2 is 1.93 bits per heavy atom. The number of hydrogen-bond donors (Lipinski definition) is 3. The van der Waals surface area contributed by atoms with Crippen molar-refractivity contribution in [2.45, 2.75) is 6.54 Å². The molecule has 8 nitrogen and oxygen atoms in total. The van der Waals surface area contributed by atoms with Crippen molar-refractivity contribution in [1.82, 2.24) is 20.2 Å². The van der Waals surface area contributed by atoms with Gasteiger partial charge >= 0.3 is 0 Å². The number of hydrogen-bond acceptors (Lipinski definition) is 6. The van der Waals surface area contributed by atoms with E-state index in [1.54, 1.807) is 18.3 Å². The fourth-order valence-electron chi connectivity index (χ4n) is 3.02. The minimum Gasteiger partial charge on any atom is -0.477 e. The maximum Gasteiger partial charge on any atom is 0.276 e. The summed E-state index contributed by atoms with van der Waals surface area (Å²) in [6.07, 6.45) is 1.72. The number of anilines is 1. The summed E-state index contributed by atoms with van der Waals surface area (Å²) < 4.78 is 5.27. The molecule has 0 aliphatic carbocycles. The lowest BCUT2D eigenvalue weighted by molar-refractivity contribution is 0.100. The molecule has 2 aromatic carbocycles. The Hall–Kier alpha value is -3.94. The largest absolute Gasteiger partial charge is 0.477 e. The summed E-state index contributed by atoms with van der Waals surface area (Å²) in [5, 5.41) is 13.0. The summed E-state index contributed by atoms with van der Waals surface area (Å²) in [7, 11) is 1.52. The van der Waals surface area contributed by atoms with Gasteiger partial charge in [0.05, 0.1) is 12.8 Å². The molecule has 4 N–H and O–H groups in total. The molecule has 0 saturated heterocycles. The first-order valence-corrected chi connectivity index (χ1v) is 8.64. The van der Waals surface area contributed by atoms with E-state index in [0.29, 0.717) is 40.7 Å². The molecule has 0 aliphatic heterocycles. The smallest absolute Gasteiger partial charge is 0.276 e. The monoisotopic (exact) mass is 374 g/mol. The van der Waals surface area contributed by atoms with Crippen LogP contribution >= 0.6 is 0 Å². The van der Waals surface area contributed by atoms with Gasteiger partial charge in [-0.3, -0.25) is 4.79 Å². The van der Waals surface area contributed by atoms with E-state index < -0.39 is 5.91 Å². The number of ether oxygens (including phenoxy) is 1. The minimum atomic E-state index is -0.491. The Balaban J connectivity index is 1.72. The van der Waals surface area contributed by atoms with Gasteiger partial charge in [0.1, 0.15) is 0 Å². The molecular weight excluding hydrogens is 356 g/mol. The summed E-state index contributed by atoms with van der Waals surface area (Å²) in [5.74, 6) is 0.668. The first-order valence-electron chi connectivity index (χ1n) is 8.64. The van der Waals surface area contributed by atoms with E-state index >= 15 is 0 Å². The number of primary amides is 1. The number of aromatic amines is 1. The first kappa shape index (κ1) is 17.5. The van der Waals surface area contributed by atoms with Gasteiger partial charge in [-0.25, -0.2) is 4.98 Å². The average Bonchev–Trinajstić information content (AvgIpc) is 3.17. The molecule has 1 amide bonds. The van der Waals surface area contributed by atoms with Crippen LogP contribution in [0, 0.1) is 0 Å². The lowest BCUT2D eigenvalue weighted by Crippen LogP contribution is -2.10. The van der Waals surface area contributed by atoms with Crippen LogP contribution in [0.2, 0.25) is 0 Å². The van der Waals surface area contributed by atoms with Crippen molar-refractivity contribution in [2.75, 3.05) is 12.4 Å². The molecular formula is C20H18N6O2. The number of nitrogens with one attached hydrogen (secondary N) is 2. The zero-order chi connectivity index (χ0) is 19.5. The van der Waals surface area contributed by atoms with E-state index in [4.69, 9.17) is 10.5 Å². The average molecular weight is 374 g/mol. The number of carbonyl (C=O) groups is 1. The van der Waals surface area contributed by atoms with Crippen LogP contribution in [-0.4, -0.2) is 33.2 Å². The number of methoxy groups -OCH3 is 1. The van der Waals surface area contributed by atoms with Gasteiger partial charge in [0, 0.05) is 29.1 Å². The third-order valence-electron chi connectivity index (χ3n) is 4.38. The lowest BCUT2D eigenvalue weighted by atomic mass is 10.1. The van der Waals surface area contributed by atoms with E-state index in [1.165, 1.54) is 7.11 Å². The van der Waals surface area contributed by atoms with Crippen molar-refractivity contribution in [3.63, 3.8) is 0 Å². The number of rotatable bonds is 6. The number of fused-ring (bicyclic) bond motifs is 1. The van der Waals surface area contributed by atoms with E-state index in [0.717, 1.165) is 10.9 Å². The quantitative estimate of drug-likeness (QED) is 0.477. The SMILES string of the molecule is COc1nnc(-c2[nH]cc3c(C(N)=O)cccc23)nc1NCc1ccccc1. The molecule has 0 unspecified atom stereocenters. The van der Waals surface area contributed by atoms with Crippen LogP contribution in [0.1, 0.15) is 15.9 Å². The number of H-pyrrole nitrogens is 1. The number of aromatic nitrogens is 4. The molecule has 0 aliphatic rings. The van der Waals surface area contributed by atoms with Crippen LogP contribution in [0.3, 0.4) is 0 Å². The van der Waals surface area contributed by atoms with Gasteiger partial charge in [0.25, 0.3) is 5.88 Å². The van der Waals surface area contributed by atoms with Crippen molar-refractivity contribution in [2.24, 2.45) is 5.73 Å². The fourth-order valence-corrected chi connectivity index (χ4v) is 3.02. The number of amides is 1. The Morgan fingerprint density at radius 1 is 1.11 bits per heavy atom. The van der Waals surface area contributed by atoms with Crippen molar-refractivity contribution < 1.29 is 9.53 Å². The number of nitrogens with zero attached hydrogens (tertiary/aromatic N) is 3. The standard InChI is InChI=1S/C20H18N6O2/c1-28-20-19(23-10-12-6-3-2-4-7-12)24-18(25-26-20)16-13-8-5-9-14(17(21)27)15(13)11-22-16/h2-9,11,22H,10H2,1H3,(H2,21,27)(H,23,24,25). The summed E-state index contributed by atoms with van der Waals surface area (Å²) in [4.78, 5) is 19.3. The minimum absolute atomic E-state index is 0.299. The summed E-state index contributed by atoms with van der Waals surface area (Å²) in [6.45, 7) is 0.562. The molecule has 28 heavy (non-hydrogen) atoms. The van der Waals surface area contributed by atoms with E-state index in [9.17, 15) is 4.79 Å². The molecule has 0 radical (unpaired) electrons. The maximum absolute atomic E-state index is 11.7. The number of benzene rings is 2. The lowest BCUT2D eigenvalue weighted by Gasteiger charge is -2.10. The van der Waals surface area contributed by atoms with Gasteiger partial charge in [0.15, 0.2) is 5.82 Å². The van der Waals surface area contributed by atoms with Crippen molar-refractivity contribution >= 4 is 22.5 Å². The Bertz CT molecular complexity index is 1140. The van der Waals surface area contributed by atoms with Crippen LogP contribution < -0.4 is 15.8 Å². The highest BCUT2D eigenvalue weighted by molar-refractivity contribution is 6.09. The van der Waals surface area contributed by atoms with Crippen LogP contribution in [0.5, 0.6) is 5.88 Å². The summed E-state index contributed by atoms with van der Waals surface area (Å²) >= 11 is 0. The van der Waals surface area contributed by atoms with Gasteiger partial charge in [0.2, 0.25) is 11.7 Å². The predicted molar refractivity (Wildman–Crippen MR) is 106 cm³/mol. The van der Waals surface area contributed by atoms with E-state index in [1.807, 2.05) is 36.4 Å². The number of nitrogens with two attached hydrogens (primary N) is 1. The molecule has 0 fully saturated rings. The van der Waals surface area contributed by atoms with Gasteiger partial charge in [-0.1, -0.05) is 42.5 Å². The third-order valence-corrected chi connectivity index (χ3v) is 4.38. The summed E-state index contributed by atoms with van der Waals surface area (Å²) in [5.41, 5.74) is 7.64. The highest BCUT2D eigenvalue weighted by Crippen LogP contribution is 2.29. The normalized spacial score (nSPS) is 10.8. The van der Waals surface area contributed by atoms with Gasteiger partial charge < -0.3 is 20.8 Å². The molecule has 0 spiro atoms. The second kappa shape index (κ2) is 7.36. The van der Waals surface area contributed by atoms with E-state index in [2.05, 4.69) is 25.5 Å². The topological polar surface area (TPSA) is 119 Å². The molecule has 2 aromatic heterocycles. The molecule has 4 aromatic rings. The van der Waals surface area contributed by atoms with Crippen LogP contribution in [0.4, 0.5) is 5.82 Å². The van der Waals surface area contributed by atoms with Gasteiger partial charge in [-0.05, 0) is 11.6 Å². The highest BCUT2D eigenvalue weighted by atomic mass is 16.5. The van der Waals surface area contributed by atoms with Gasteiger partial charge in [-0.2, -0.15) is 0 Å². The first-order chi connectivity index (χ1) is 13.7. The maximum atomic E-state index is 11.7. The molecule has 2 heterocycles. The second-order valence-corrected chi connectivity index (χ2v) is 6.13. The van der Waals surface area contributed by atoms with Crippen LogP contribution in [0.25, 0.3) is 22.3 Å². The van der Waals surface area contributed by atoms with Crippen LogP contribution in [0.15, 0.2) is 54.7 Å². The molecule has 0 bridgehead atoms. The van der Waals surface area contributed by atoms with Crippen molar-refractivity contribution in [1.29, 1.82) is 0 Å². The number of carbonyl (C=O) groups excluding carboxylic acids is 1. The molecule has 140 valence electrons. The molecule has 4 rings (SSSR count). The highest BCUT2D eigenvalue weighted by Gasteiger charge is 2.16. The van der Waals surface area contributed by atoms with E-state index in [-0.39, 0.29) is 0 Å². The second-order valence-electron chi connectivity index (χ2n) is 6.13. The Labute approximate surface area is 160 Å². The third kappa shape index (κ3) is 3.23. The van der Waals surface area contributed by atoms with Crippen molar-refractivity contribution in [3.8, 4) is 17.4 Å². The Kier molecular flexibility index (Phi) is 4.59. The summed E-state index contributed by atoms with van der Waals surface area (Å²) in [6, 6.07) is 15.3. The molecule has 8 heteroatoms. The van der Waals surface area contributed by atoms with Crippen molar-refractivity contribution in [3.05, 3.63) is 65.9 Å². The Morgan fingerprint density at radius 3 is 2.68 bits per heavy atom. The zero-order valence-corrected chi connectivity index (χ0v) is 15.1. The molecule has 0 saturated carbocycles. The zero-order valence-electron chi connectivity index (χ0n) is 15.1. The molecule has 0 atom stereocenters. The van der Waals surface area contributed by atoms with Crippen LogP contribution in [-0.2, 0) is 6.54 Å². The predicted octanol–water partition coefficient (Wildman–Crippen LogP) is 2.74. The fraction of sp³-hybridized carbons (Fsp3) is 0.100.